The first kappa shape index (κ1) is 21.1. The lowest BCUT2D eigenvalue weighted by molar-refractivity contribution is -0.237. The Morgan fingerprint density at radius 2 is 1.80 bits per heavy atom. The van der Waals surface area contributed by atoms with E-state index in [-0.39, 0.29) is 29.3 Å². The van der Waals surface area contributed by atoms with Crippen LogP contribution in [0.5, 0.6) is 0 Å². The van der Waals surface area contributed by atoms with Gasteiger partial charge in [0.25, 0.3) is 5.89 Å². The van der Waals surface area contributed by atoms with Gasteiger partial charge in [-0.05, 0) is 44.5 Å². The van der Waals surface area contributed by atoms with Gasteiger partial charge in [-0.3, -0.25) is 0 Å². The van der Waals surface area contributed by atoms with Crippen molar-refractivity contribution in [2.45, 2.75) is 32.8 Å². The Morgan fingerprint density at radius 1 is 1.10 bits per heavy atom. The molecule has 0 saturated carbocycles. The summed E-state index contributed by atoms with van der Waals surface area (Å²) >= 11 is 0. The topological polar surface area (TPSA) is 112 Å². The third-order valence-corrected chi connectivity index (χ3v) is 4.11. The number of nitrogens with zero attached hydrogens (tertiary/aromatic N) is 2. The van der Waals surface area contributed by atoms with Crippen LogP contribution in [0.2, 0.25) is 0 Å². The molecule has 0 atom stereocenters. The smallest absolute Gasteiger partial charge is 0.386 e. The van der Waals surface area contributed by atoms with Crippen molar-refractivity contribution in [3.8, 4) is 22.8 Å². The predicted molar refractivity (Wildman–Crippen MR) is 102 cm³/mol. The highest BCUT2D eigenvalue weighted by atomic mass is 19.1. The van der Waals surface area contributed by atoms with Gasteiger partial charge in [0.1, 0.15) is 5.82 Å². The van der Waals surface area contributed by atoms with E-state index < -0.39 is 23.4 Å². The summed E-state index contributed by atoms with van der Waals surface area (Å²) in [6, 6.07) is 10.7. The Bertz CT molecular complexity index is 1090. The normalized spacial score (nSPS) is 11.2. The fraction of sp³-hybridized carbons (Fsp3) is 0.238. The van der Waals surface area contributed by atoms with Gasteiger partial charge in [0.2, 0.25) is 5.82 Å². The van der Waals surface area contributed by atoms with E-state index in [4.69, 9.17) is 4.52 Å². The van der Waals surface area contributed by atoms with E-state index in [1.54, 1.807) is 31.2 Å². The van der Waals surface area contributed by atoms with Crippen LogP contribution in [0.4, 0.5) is 4.39 Å². The van der Waals surface area contributed by atoms with Crippen LogP contribution in [-0.2, 0) is 14.6 Å². The van der Waals surface area contributed by atoms with Gasteiger partial charge in [-0.2, -0.15) is 4.98 Å². The summed E-state index contributed by atoms with van der Waals surface area (Å²) in [5, 5.41) is 13.5. The van der Waals surface area contributed by atoms with Crippen LogP contribution < -0.4 is 0 Å². The SMILES string of the molecule is Cc1c(C(=O)OOC(=O)CC(C)(C)O)cccc1-c1noc(-c2ccccc2F)n1. The minimum atomic E-state index is -1.30. The number of halogens is 1. The summed E-state index contributed by atoms with van der Waals surface area (Å²) in [6.45, 7) is 4.47. The van der Waals surface area contributed by atoms with Gasteiger partial charge in [0.05, 0.1) is 23.1 Å². The summed E-state index contributed by atoms with van der Waals surface area (Å²) < 4.78 is 19.1. The van der Waals surface area contributed by atoms with E-state index in [0.29, 0.717) is 11.1 Å². The van der Waals surface area contributed by atoms with Gasteiger partial charge in [-0.1, -0.05) is 29.4 Å². The Morgan fingerprint density at radius 3 is 2.50 bits per heavy atom. The summed E-state index contributed by atoms with van der Waals surface area (Å²) in [5.74, 6) is -2.15. The molecule has 8 nitrogen and oxygen atoms in total. The zero-order valence-electron chi connectivity index (χ0n) is 16.5. The minimum absolute atomic E-state index is 0.00368. The van der Waals surface area contributed by atoms with E-state index >= 15 is 0 Å². The van der Waals surface area contributed by atoms with Crippen LogP contribution in [0.1, 0.15) is 36.2 Å². The molecule has 0 saturated heterocycles. The van der Waals surface area contributed by atoms with Crippen LogP contribution in [0, 0.1) is 12.7 Å². The van der Waals surface area contributed by atoms with Crippen molar-refractivity contribution >= 4 is 11.9 Å². The van der Waals surface area contributed by atoms with Crippen LogP contribution in [0.15, 0.2) is 47.0 Å². The number of benzene rings is 2. The van der Waals surface area contributed by atoms with E-state index in [0.717, 1.165) is 0 Å². The molecule has 156 valence electrons. The average molecular weight is 414 g/mol. The highest BCUT2D eigenvalue weighted by Gasteiger charge is 2.23. The summed E-state index contributed by atoms with van der Waals surface area (Å²) in [4.78, 5) is 37.2. The molecule has 0 aliphatic rings. The summed E-state index contributed by atoms with van der Waals surface area (Å²) in [7, 11) is 0. The second kappa shape index (κ2) is 8.42. The molecule has 0 radical (unpaired) electrons. The molecule has 0 aliphatic heterocycles. The van der Waals surface area contributed by atoms with Gasteiger partial charge < -0.3 is 9.63 Å². The van der Waals surface area contributed by atoms with Crippen molar-refractivity contribution in [1.29, 1.82) is 0 Å². The zero-order valence-corrected chi connectivity index (χ0v) is 16.5. The Kier molecular flexibility index (Phi) is 5.93. The number of carbonyl (C=O) groups is 2. The molecule has 2 aromatic carbocycles. The molecule has 0 bridgehead atoms. The average Bonchev–Trinajstić information content (AvgIpc) is 3.15. The van der Waals surface area contributed by atoms with Gasteiger partial charge in [-0.15, -0.1) is 0 Å². The molecule has 0 spiro atoms. The minimum Gasteiger partial charge on any atom is -0.390 e. The number of aromatic nitrogens is 2. The van der Waals surface area contributed by atoms with Crippen molar-refractivity contribution in [3.63, 3.8) is 0 Å². The van der Waals surface area contributed by atoms with Crippen LogP contribution >= 0.6 is 0 Å². The highest BCUT2D eigenvalue weighted by Crippen LogP contribution is 2.27. The maximum absolute atomic E-state index is 13.9. The first-order valence-electron chi connectivity index (χ1n) is 8.98. The second-order valence-corrected chi connectivity index (χ2v) is 7.20. The van der Waals surface area contributed by atoms with E-state index in [9.17, 15) is 19.1 Å². The van der Waals surface area contributed by atoms with Crippen LogP contribution in [-0.4, -0.2) is 32.8 Å². The van der Waals surface area contributed by atoms with Gasteiger partial charge in [-0.25, -0.2) is 23.8 Å². The number of hydrogen-bond donors (Lipinski definition) is 1. The highest BCUT2D eigenvalue weighted by molar-refractivity contribution is 5.93. The fourth-order valence-electron chi connectivity index (χ4n) is 2.69. The number of aliphatic hydroxyl groups is 1. The maximum Gasteiger partial charge on any atom is 0.386 e. The zero-order chi connectivity index (χ0) is 21.9. The predicted octanol–water partition coefficient (Wildman–Crippen LogP) is 3.63. The molecule has 3 rings (SSSR count). The lowest BCUT2D eigenvalue weighted by atomic mass is 10.0. The maximum atomic E-state index is 13.9. The van der Waals surface area contributed by atoms with Crippen molar-refractivity contribution in [1.82, 2.24) is 10.1 Å². The van der Waals surface area contributed by atoms with Gasteiger partial charge >= 0.3 is 11.9 Å². The summed E-state index contributed by atoms with van der Waals surface area (Å²) in [5.41, 5.74) is -0.127. The second-order valence-electron chi connectivity index (χ2n) is 7.20. The van der Waals surface area contributed by atoms with Crippen molar-refractivity contribution < 1.29 is 33.4 Å². The molecular weight excluding hydrogens is 395 g/mol. The van der Waals surface area contributed by atoms with Crippen LogP contribution in [0.3, 0.4) is 0 Å². The molecule has 0 aliphatic carbocycles. The van der Waals surface area contributed by atoms with Gasteiger partial charge in [0, 0.05) is 5.56 Å². The van der Waals surface area contributed by atoms with Crippen molar-refractivity contribution in [2.24, 2.45) is 0 Å². The molecule has 30 heavy (non-hydrogen) atoms. The largest absolute Gasteiger partial charge is 0.390 e. The number of carbonyl (C=O) groups excluding carboxylic acids is 2. The number of rotatable bonds is 5. The Hall–Kier alpha value is -3.59. The molecular formula is C21H19FN2O6. The standard InChI is InChI=1S/C21H19FN2O6/c1-12-13(18-23-19(28-24-18)15-7-4-5-10-16(15)22)8-6-9-14(12)20(26)30-29-17(25)11-21(2,3)27/h4-10,27H,11H2,1-3H3. The third-order valence-electron chi connectivity index (χ3n) is 4.11. The van der Waals surface area contributed by atoms with Crippen LogP contribution in [0.25, 0.3) is 22.8 Å². The molecule has 1 heterocycles. The Labute approximate surface area is 171 Å². The molecule has 3 aromatic rings. The van der Waals surface area contributed by atoms with E-state index in [1.165, 1.54) is 32.0 Å². The number of hydrogen-bond acceptors (Lipinski definition) is 8. The van der Waals surface area contributed by atoms with Gasteiger partial charge in [0.15, 0.2) is 0 Å². The first-order chi connectivity index (χ1) is 14.2. The lowest BCUT2D eigenvalue weighted by Gasteiger charge is -2.14. The lowest BCUT2D eigenvalue weighted by Crippen LogP contribution is -2.25. The fourth-order valence-corrected chi connectivity index (χ4v) is 2.69. The molecule has 0 fully saturated rings. The molecule has 1 N–H and O–H groups in total. The molecule has 1 aromatic heterocycles. The monoisotopic (exact) mass is 414 g/mol. The van der Waals surface area contributed by atoms with E-state index in [1.807, 2.05) is 0 Å². The molecule has 0 amide bonds. The molecule has 9 heteroatoms. The van der Waals surface area contributed by atoms with Crippen molar-refractivity contribution in [3.05, 3.63) is 59.4 Å². The summed E-state index contributed by atoms with van der Waals surface area (Å²) in [6.07, 6.45) is -0.346. The Balaban J connectivity index is 1.80. The first-order valence-corrected chi connectivity index (χ1v) is 8.98. The quantitative estimate of drug-likeness (QED) is 0.498. The van der Waals surface area contributed by atoms with E-state index in [2.05, 4.69) is 19.9 Å². The molecule has 0 unspecified atom stereocenters. The third kappa shape index (κ3) is 4.87. The van der Waals surface area contributed by atoms with Crippen molar-refractivity contribution in [2.75, 3.05) is 0 Å².